The highest BCUT2D eigenvalue weighted by Crippen LogP contribution is 2.50. The van der Waals surface area contributed by atoms with Gasteiger partial charge in [0.05, 0.1) is 28.1 Å². The highest BCUT2D eigenvalue weighted by molar-refractivity contribution is 6.22. The van der Waals surface area contributed by atoms with E-state index in [4.69, 9.17) is 4.98 Å². The zero-order valence-corrected chi connectivity index (χ0v) is 29.2. The first-order valence-electron chi connectivity index (χ1n) is 18.2. The maximum absolute atomic E-state index is 5.01. The molecule has 0 bridgehead atoms. The summed E-state index contributed by atoms with van der Waals surface area (Å²) < 4.78 is 2.33. The number of imidazole rings is 1. The summed E-state index contributed by atoms with van der Waals surface area (Å²) in [6.07, 6.45) is 0. The molecular weight excluding hydrogens is 643 g/mol. The number of aromatic nitrogens is 2. The van der Waals surface area contributed by atoms with Gasteiger partial charge in [0.25, 0.3) is 0 Å². The van der Waals surface area contributed by atoms with Crippen LogP contribution < -0.4 is 4.90 Å². The van der Waals surface area contributed by atoms with Crippen molar-refractivity contribution < 1.29 is 0 Å². The van der Waals surface area contributed by atoms with Gasteiger partial charge in [-0.1, -0.05) is 133 Å². The van der Waals surface area contributed by atoms with Crippen LogP contribution in [0.2, 0.25) is 0 Å². The Kier molecular flexibility index (Phi) is 6.47. The Morgan fingerprint density at radius 1 is 0.396 bits per heavy atom. The van der Waals surface area contributed by atoms with E-state index in [2.05, 4.69) is 198 Å². The van der Waals surface area contributed by atoms with Gasteiger partial charge in [-0.05, 0) is 121 Å². The molecule has 0 unspecified atom stereocenters. The fourth-order valence-corrected chi connectivity index (χ4v) is 8.69. The van der Waals surface area contributed by atoms with E-state index in [1.165, 1.54) is 65.7 Å². The zero-order valence-electron chi connectivity index (χ0n) is 29.2. The van der Waals surface area contributed by atoms with Crippen molar-refractivity contribution in [2.24, 2.45) is 0 Å². The number of anilines is 3. The summed E-state index contributed by atoms with van der Waals surface area (Å²) in [7, 11) is 0. The third kappa shape index (κ3) is 4.51. The minimum atomic E-state index is 0.984. The van der Waals surface area contributed by atoms with Gasteiger partial charge in [-0.15, -0.1) is 0 Å². The first-order chi connectivity index (χ1) is 26.2. The summed E-state index contributed by atoms with van der Waals surface area (Å²) in [5.41, 5.74) is 14.0. The second kappa shape index (κ2) is 11.5. The van der Waals surface area contributed by atoms with Crippen molar-refractivity contribution in [2.75, 3.05) is 4.90 Å². The lowest BCUT2D eigenvalue weighted by atomic mass is 9.84. The van der Waals surface area contributed by atoms with E-state index in [0.29, 0.717) is 0 Å². The monoisotopic (exact) mass is 675 g/mol. The minimum Gasteiger partial charge on any atom is -0.306 e. The number of hydrogen-bond acceptors (Lipinski definition) is 2. The second-order valence-corrected chi connectivity index (χ2v) is 14.0. The topological polar surface area (TPSA) is 21.1 Å². The molecule has 248 valence electrons. The van der Waals surface area contributed by atoms with Crippen LogP contribution in [0, 0.1) is 6.92 Å². The SMILES string of the molecule is Cc1nc2cccc3c2n1-c1ccc(-c2c4ccccc4c(-c4ccc5ccccc5c4)c4ccc(-c5ccccc5)cc24)cc1N3c1ccccc1. The van der Waals surface area contributed by atoms with Crippen LogP contribution in [-0.2, 0) is 0 Å². The Morgan fingerprint density at radius 2 is 1.04 bits per heavy atom. The molecule has 11 rings (SSSR count). The Balaban J connectivity index is 1.24. The largest absolute Gasteiger partial charge is 0.306 e. The third-order valence-electron chi connectivity index (χ3n) is 11.0. The maximum atomic E-state index is 5.01. The molecule has 0 aliphatic carbocycles. The molecule has 53 heavy (non-hydrogen) atoms. The van der Waals surface area contributed by atoms with Crippen LogP contribution in [0.15, 0.2) is 182 Å². The van der Waals surface area contributed by atoms with Gasteiger partial charge >= 0.3 is 0 Å². The molecule has 3 nitrogen and oxygen atoms in total. The first-order valence-corrected chi connectivity index (χ1v) is 18.2. The first kappa shape index (κ1) is 29.7. The van der Waals surface area contributed by atoms with E-state index >= 15 is 0 Å². The molecule has 0 fully saturated rings. The maximum Gasteiger partial charge on any atom is 0.111 e. The standard InChI is InChI=1S/C50H33N3/c1-32-51-44-21-12-22-46-50(44)52(32)45-28-26-38(31-47(45)53(46)39-17-6-3-7-18-39)49-41-20-11-10-19-40(41)48(37-24-23-34-15-8-9-16-35(34)29-37)42-27-25-36(30-43(42)49)33-13-4-2-5-14-33/h2-31H,1H3. The van der Waals surface area contributed by atoms with E-state index in [1.807, 2.05) is 0 Å². The van der Waals surface area contributed by atoms with Gasteiger partial charge in [0.15, 0.2) is 0 Å². The summed E-state index contributed by atoms with van der Waals surface area (Å²) in [5, 5.41) is 7.44. The van der Waals surface area contributed by atoms with Gasteiger partial charge in [-0.2, -0.15) is 0 Å². The smallest absolute Gasteiger partial charge is 0.111 e. The van der Waals surface area contributed by atoms with E-state index in [-0.39, 0.29) is 0 Å². The molecule has 2 heterocycles. The normalized spacial score (nSPS) is 12.2. The summed E-state index contributed by atoms with van der Waals surface area (Å²) in [4.78, 5) is 7.41. The lowest BCUT2D eigenvalue weighted by molar-refractivity contribution is 0.982. The van der Waals surface area contributed by atoms with Crippen LogP contribution in [0.25, 0.3) is 82.4 Å². The van der Waals surface area contributed by atoms with Crippen LogP contribution in [-0.4, -0.2) is 9.55 Å². The lowest BCUT2D eigenvalue weighted by Crippen LogP contribution is -2.18. The van der Waals surface area contributed by atoms with Crippen LogP contribution in [0.5, 0.6) is 0 Å². The molecular formula is C50H33N3. The van der Waals surface area contributed by atoms with Crippen LogP contribution in [0.3, 0.4) is 0 Å². The van der Waals surface area contributed by atoms with E-state index in [1.54, 1.807) is 0 Å². The number of benzene rings is 9. The van der Waals surface area contributed by atoms with Crippen molar-refractivity contribution in [3.05, 3.63) is 188 Å². The van der Waals surface area contributed by atoms with E-state index < -0.39 is 0 Å². The van der Waals surface area contributed by atoms with E-state index in [0.717, 1.165) is 39.6 Å². The molecule has 0 N–H and O–H groups in total. The molecule has 0 saturated carbocycles. The molecule has 0 amide bonds. The molecule has 0 spiro atoms. The van der Waals surface area contributed by atoms with Gasteiger partial charge < -0.3 is 4.90 Å². The van der Waals surface area contributed by atoms with Crippen molar-refractivity contribution in [2.45, 2.75) is 6.92 Å². The van der Waals surface area contributed by atoms with Gasteiger partial charge in [0.1, 0.15) is 5.82 Å². The van der Waals surface area contributed by atoms with Gasteiger partial charge in [-0.3, -0.25) is 4.57 Å². The molecule has 3 heteroatoms. The van der Waals surface area contributed by atoms with Gasteiger partial charge in [0, 0.05) is 5.69 Å². The highest BCUT2D eigenvalue weighted by Gasteiger charge is 2.29. The summed E-state index contributed by atoms with van der Waals surface area (Å²) >= 11 is 0. The average molecular weight is 676 g/mol. The fourth-order valence-electron chi connectivity index (χ4n) is 8.69. The number of para-hydroxylation sites is 2. The number of hydrogen-bond donors (Lipinski definition) is 0. The Bertz CT molecular complexity index is 3070. The number of rotatable bonds is 4. The molecule has 0 saturated heterocycles. The molecule has 1 aromatic heterocycles. The van der Waals surface area contributed by atoms with Crippen molar-refractivity contribution >= 4 is 60.4 Å². The molecule has 1 aliphatic rings. The molecule has 9 aromatic carbocycles. The average Bonchev–Trinajstić information content (AvgIpc) is 3.56. The van der Waals surface area contributed by atoms with Gasteiger partial charge in [-0.25, -0.2) is 4.98 Å². The Hall–Kier alpha value is -6.97. The number of nitrogens with zero attached hydrogens (tertiary/aromatic N) is 3. The predicted molar refractivity (Wildman–Crippen MR) is 223 cm³/mol. The molecule has 0 atom stereocenters. The molecule has 10 aromatic rings. The van der Waals surface area contributed by atoms with Crippen LogP contribution >= 0.6 is 0 Å². The predicted octanol–water partition coefficient (Wildman–Crippen LogP) is 13.6. The van der Waals surface area contributed by atoms with Crippen molar-refractivity contribution in [3.63, 3.8) is 0 Å². The van der Waals surface area contributed by atoms with E-state index in [9.17, 15) is 0 Å². The highest BCUT2D eigenvalue weighted by atomic mass is 15.2. The van der Waals surface area contributed by atoms with Gasteiger partial charge in [0.2, 0.25) is 0 Å². The summed E-state index contributed by atoms with van der Waals surface area (Å²) in [6.45, 7) is 2.11. The Morgan fingerprint density at radius 3 is 1.85 bits per heavy atom. The van der Waals surface area contributed by atoms with Crippen LogP contribution in [0.4, 0.5) is 17.1 Å². The fraction of sp³-hybridized carbons (Fsp3) is 0.0200. The number of fused-ring (bicyclic) bond motifs is 5. The summed E-state index contributed by atoms with van der Waals surface area (Å²) in [6, 6.07) is 66.4. The van der Waals surface area contributed by atoms with Crippen LogP contribution in [0.1, 0.15) is 5.82 Å². The minimum absolute atomic E-state index is 0.984. The quantitative estimate of drug-likeness (QED) is 0.173. The zero-order chi connectivity index (χ0) is 35.0. The Labute approximate surface area is 307 Å². The lowest BCUT2D eigenvalue weighted by Gasteiger charge is -2.33. The van der Waals surface area contributed by atoms with Crippen molar-refractivity contribution in [3.8, 4) is 39.1 Å². The molecule has 0 radical (unpaired) electrons. The number of aryl methyl sites for hydroxylation is 1. The van der Waals surface area contributed by atoms with Crippen molar-refractivity contribution in [1.29, 1.82) is 0 Å². The molecule has 1 aliphatic heterocycles. The van der Waals surface area contributed by atoms with Crippen molar-refractivity contribution in [1.82, 2.24) is 9.55 Å². The third-order valence-corrected chi connectivity index (χ3v) is 11.0. The second-order valence-electron chi connectivity index (χ2n) is 14.0. The summed E-state index contributed by atoms with van der Waals surface area (Å²) in [5.74, 6) is 0.984.